The molecule has 0 heterocycles. The van der Waals surface area contributed by atoms with E-state index in [0.29, 0.717) is 6.42 Å². The van der Waals surface area contributed by atoms with Gasteiger partial charge in [-0.1, -0.05) is 53.5 Å². The van der Waals surface area contributed by atoms with Crippen molar-refractivity contribution in [1.29, 1.82) is 0 Å². The molecule has 0 aliphatic heterocycles. The van der Waals surface area contributed by atoms with E-state index in [1.807, 2.05) is 0 Å². The van der Waals surface area contributed by atoms with E-state index in [0.717, 1.165) is 44.1 Å². The quantitative estimate of drug-likeness (QED) is 0.276. The van der Waals surface area contributed by atoms with E-state index < -0.39 is 0 Å². The molecular formula is C27H40O2. The van der Waals surface area contributed by atoms with Gasteiger partial charge in [0.15, 0.2) is 0 Å². The SMILES string of the molecule is CCC(C)=CCCC(C)=CCCC(C)=CCCC(C)=CCc1cc(O)ccc1O. The number of aromatic hydroxyl groups is 2. The van der Waals surface area contributed by atoms with Crippen LogP contribution in [-0.2, 0) is 6.42 Å². The van der Waals surface area contributed by atoms with Crippen LogP contribution >= 0.6 is 0 Å². The van der Waals surface area contributed by atoms with Crippen molar-refractivity contribution in [3.8, 4) is 11.5 Å². The van der Waals surface area contributed by atoms with Crippen LogP contribution in [0.3, 0.4) is 0 Å². The molecule has 0 saturated carbocycles. The molecule has 1 rings (SSSR count). The van der Waals surface area contributed by atoms with Gasteiger partial charge >= 0.3 is 0 Å². The molecule has 0 unspecified atom stereocenters. The minimum atomic E-state index is 0.194. The van der Waals surface area contributed by atoms with Gasteiger partial charge in [-0.25, -0.2) is 0 Å². The predicted octanol–water partition coefficient (Wildman–Crippen LogP) is 8.18. The third kappa shape index (κ3) is 11.4. The highest BCUT2D eigenvalue weighted by molar-refractivity contribution is 5.39. The molecule has 160 valence electrons. The van der Waals surface area contributed by atoms with Crippen molar-refractivity contribution >= 4 is 0 Å². The average Bonchev–Trinajstić information content (AvgIpc) is 2.68. The van der Waals surface area contributed by atoms with Gasteiger partial charge in [0, 0.05) is 5.56 Å². The van der Waals surface area contributed by atoms with Gasteiger partial charge in [-0.2, -0.15) is 0 Å². The molecule has 2 nitrogen and oxygen atoms in total. The molecule has 1 aromatic rings. The minimum absolute atomic E-state index is 0.194. The molecule has 29 heavy (non-hydrogen) atoms. The summed E-state index contributed by atoms with van der Waals surface area (Å²) in [6.07, 6.45) is 17.7. The Balaban J connectivity index is 2.34. The molecule has 0 aromatic heterocycles. The summed E-state index contributed by atoms with van der Waals surface area (Å²) in [7, 11) is 0. The first-order chi connectivity index (χ1) is 13.8. The number of allylic oxidation sites excluding steroid dienone is 8. The number of benzene rings is 1. The summed E-state index contributed by atoms with van der Waals surface area (Å²) >= 11 is 0. The number of phenols is 2. The van der Waals surface area contributed by atoms with E-state index in [4.69, 9.17) is 0 Å². The van der Waals surface area contributed by atoms with Crippen LogP contribution in [0.1, 0.15) is 85.1 Å². The molecule has 0 fully saturated rings. The number of rotatable bonds is 12. The second-order valence-electron chi connectivity index (χ2n) is 8.19. The Hall–Kier alpha value is -2.22. The summed E-state index contributed by atoms with van der Waals surface area (Å²) in [5.41, 5.74) is 6.50. The maximum absolute atomic E-state index is 9.84. The molecule has 2 N–H and O–H groups in total. The van der Waals surface area contributed by atoms with Gasteiger partial charge in [-0.3, -0.25) is 0 Å². The third-order valence-corrected chi connectivity index (χ3v) is 5.39. The van der Waals surface area contributed by atoms with Gasteiger partial charge in [-0.15, -0.1) is 0 Å². The third-order valence-electron chi connectivity index (χ3n) is 5.39. The molecule has 0 aliphatic rings. The van der Waals surface area contributed by atoms with Crippen LogP contribution in [0.5, 0.6) is 11.5 Å². The molecular weight excluding hydrogens is 356 g/mol. The summed E-state index contributed by atoms with van der Waals surface area (Å²) in [6, 6.07) is 4.67. The Morgan fingerprint density at radius 2 is 1.21 bits per heavy atom. The maximum Gasteiger partial charge on any atom is 0.119 e. The highest BCUT2D eigenvalue weighted by atomic mass is 16.3. The van der Waals surface area contributed by atoms with Crippen molar-refractivity contribution in [3.05, 3.63) is 70.4 Å². The molecule has 2 heteroatoms. The summed E-state index contributed by atoms with van der Waals surface area (Å²) < 4.78 is 0. The fraction of sp³-hybridized carbons (Fsp3) is 0.481. The van der Waals surface area contributed by atoms with Crippen LogP contribution in [-0.4, -0.2) is 10.2 Å². The molecule has 0 bridgehead atoms. The lowest BCUT2D eigenvalue weighted by atomic mass is 10.0. The summed E-state index contributed by atoms with van der Waals surface area (Å²) in [6.45, 7) is 11.0. The fourth-order valence-electron chi connectivity index (χ4n) is 3.11. The zero-order valence-electron chi connectivity index (χ0n) is 19.1. The van der Waals surface area contributed by atoms with E-state index in [1.54, 1.807) is 12.1 Å². The van der Waals surface area contributed by atoms with Gasteiger partial charge in [-0.05, 0) is 97.3 Å². The Bertz CT molecular complexity index is 748. The minimum Gasteiger partial charge on any atom is -0.508 e. The molecule has 1 aromatic carbocycles. The first kappa shape index (κ1) is 24.8. The topological polar surface area (TPSA) is 40.5 Å². The van der Waals surface area contributed by atoms with Crippen molar-refractivity contribution in [2.24, 2.45) is 0 Å². The zero-order valence-corrected chi connectivity index (χ0v) is 19.1. The predicted molar refractivity (Wildman–Crippen MR) is 126 cm³/mol. The monoisotopic (exact) mass is 396 g/mol. The smallest absolute Gasteiger partial charge is 0.119 e. The maximum atomic E-state index is 9.84. The normalized spacial score (nSPS) is 13.8. The van der Waals surface area contributed by atoms with Crippen molar-refractivity contribution in [1.82, 2.24) is 0 Å². The Morgan fingerprint density at radius 3 is 1.72 bits per heavy atom. The molecule has 0 atom stereocenters. The van der Waals surface area contributed by atoms with Crippen LogP contribution in [0.4, 0.5) is 0 Å². The lowest BCUT2D eigenvalue weighted by Crippen LogP contribution is -1.86. The van der Waals surface area contributed by atoms with Crippen molar-refractivity contribution in [3.63, 3.8) is 0 Å². The molecule has 0 amide bonds. The molecule has 0 radical (unpaired) electrons. The lowest BCUT2D eigenvalue weighted by molar-refractivity contribution is 0.455. The zero-order chi connectivity index (χ0) is 21.6. The van der Waals surface area contributed by atoms with E-state index in [9.17, 15) is 10.2 Å². The van der Waals surface area contributed by atoms with Gasteiger partial charge in [0.25, 0.3) is 0 Å². The lowest BCUT2D eigenvalue weighted by Gasteiger charge is -2.04. The summed E-state index contributed by atoms with van der Waals surface area (Å²) in [5, 5.41) is 19.4. The Labute approximate surface area is 178 Å². The van der Waals surface area contributed by atoms with Crippen LogP contribution in [0.25, 0.3) is 0 Å². The van der Waals surface area contributed by atoms with E-state index in [-0.39, 0.29) is 11.5 Å². The molecule has 0 saturated heterocycles. The summed E-state index contributed by atoms with van der Waals surface area (Å²) in [4.78, 5) is 0. The van der Waals surface area contributed by atoms with Crippen molar-refractivity contribution in [2.45, 2.75) is 86.0 Å². The van der Waals surface area contributed by atoms with Crippen LogP contribution in [0.2, 0.25) is 0 Å². The van der Waals surface area contributed by atoms with E-state index >= 15 is 0 Å². The van der Waals surface area contributed by atoms with Crippen LogP contribution < -0.4 is 0 Å². The standard InChI is InChI=1S/C27H40O2/c1-6-21(2)10-7-11-22(3)12-8-13-23(4)14-9-15-24(5)16-17-25-20-26(28)18-19-27(25)29/h10,12,14,16,18-20,28-29H,6-9,11,13,15,17H2,1-5H3. The van der Waals surface area contributed by atoms with Gasteiger partial charge < -0.3 is 10.2 Å². The van der Waals surface area contributed by atoms with Crippen LogP contribution in [0, 0.1) is 0 Å². The van der Waals surface area contributed by atoms with Crippen molar-refractivity contribution < 1.29 is 10.2 Å². The second kappa shape index (κ2) is 13.9. The Morgan fingerprint density at radius 1 is 0.724 bits per heavy atom. The number of hydrogen-bond acceptors (Lipinski definition) is 2. The highest BCUT2D eigenvalue weighted by Crippen LogP contribution is 2.23. The number of phenolic OH excluding ortho intramolecular Hbond substituents is 2. The number of hydrogen-bond donors (Lipinski definition) is 2. The van der Waals surface area contributed by atoms with Gasteiger partial charge in [0.1, 0.15) is 11.5 Å². The van der Waals surface area contributed by atoms with E-state index in [1.165, 1.54) is 34.8 Å². The van der Waals surface area contributed by atoms with Crippen LogP contribution in [0.15, 0.2) is 64.8 Å². The highest BCUT2D eigenvalue weighted by Gasteiger charge is 2.01. The molecule has 0 spiro atoms. The largest absolute Gasteiger partial charge is 0.508 e. The van der Waals surface area contributed by atoms with E-state index in [2.05, 4.69) is 58.9 Å². The Kier molecular flexibility index (Phi) is 11.9. The van der Waals surface area contributed by atoms with Gasteiger partial charge in [0.05, 0.1) is 0 Å². The van der Waals surface area contributed by atoms with Crippen molar-refractivity contribution in [2.75, 3.05) is 0 Å². The average molecular weight is 397 g/mol. The first-order valence-corrected chi connectivity index (χ1v) is 10.9. The first-order valence-electron chi connectivity index (χ1n) is 10.9. The molecule has 0 aliphatic carbocycles. The van der Waals surface area contributed by atoms with Gasteiger partial charge in [0.2, 0.25) is 0 Å². The fourth-order valence-corrected chi connectivity index (χ4v) is 3.11. The second-order valence-corrected chi connectivity index (χ2v) is 8.19. The summed E-state index contributed by atoms with van der Waals surface area (Å²) in [5.74, 6) is 0.432.